The largest absolute Gasteiger partial charge is 0.366 e. The van der Waals surface area contributed by atoms with Crippen molar-refractivity contribution in [1.82, 2.24) is 10.2 Å². The molecule has 0 unspecified atom stereocenters. The average molecular weight is 243 g/mol. The number of hydrogen-bond acceptors (Lipinski definition) is 2. The second-order valence-electron chi connectivity index (χ2n) is 5.24. The molecule has 0 saturated heterocycles. The van der Waals surface area contributed by atoms with E-state index in [4.69, 9.17) is 0 Å². The van der Waals surface area contributed by atoms with Gasteiger partial charge in [-0.3, -0.25) is 5.10 Å². The van der Waals surface area contributed by atoms with Crippen LogP contribution in [0.2, 0.25) is 0 Å². The summed E-state index contributed by atoms with van der Waals surface area (Å²) in [5, 5.41) is 10.6. The van der Waals surface area contributed by atoms with Gasteiger partial charge in [0.1, 0.15) is 5.82 Å². The number of aromatic nitrogens is 2. The third kappa shape index (κ3) is 2.92. The number of aromatic amines is 1. The van der Waals surface area contributed by atoms with Crippen LogP contribution >= 0.6 is 0 Å². The van der Waals surface area contributed by atoms with E-state index in [2.05, 4.69) is 67.5 Å². The maximum Gasteiger partial charge on any atom is 0.148 e. The predicted molar refractivity (Wildman–Crippen MR) is 76.9 cm³/mol. The fourth-order valence-corrected chi connectivity index (χ4v) is 1.89. The number of rotatable bonds is 4. The van der Waals surface area contributed by atoms with Crippen LogP contribution in [0.3, 0.4) is 0 Å². The van der Waals surface area contributed by atoms with E-state index in [0.29, 0.717) is 12.0 Å². The molecule has 0 fully saturated rings. The minimum absolute atomic E-state index is 0.393. The normalized spacial score (nSPS) is 11.2. The van der Waals surface area contributed by atoms with Crippen molar-refractivity contribution in [3.8, 4) is 11.3 Å². The highest BCUT2D eigenvalue weighted by atomic mass is 15.2. The molecule has 2 rings (SSSR count). The molecule has 0 aliphatic rings. The van der Waals surface area contributed by atoms with Crippen molar-refractivity contribution in [2.75, 3.05) is 5.32 Å². The van der Waals surface area contributed by atoms with Gasteiger partial charge in [0.05, 0.1) is 5.69 Å². The Hall–Kier alpha value is -1.77. The fraction of sp³-hybridized carbons (Fsp3) is 0.400. The van der Waals surface area contributed by atoms with E-state index in [0.717, 1.165) is 11.5 Å². The standard InChI is InChI=1S/C15H21N3/c1-10(2)12-5-7-13(8-6-12)14-9-15(18-17-14)16-11(3)4/h5-11H,1-4H3,(H2,16,17,18). The molecule has 3 nitrogen and oxygen atoms in total. The molecule has 1 aromatic carbocycles. The minimum atomic E-state index is 0.393. The van der Waals surface area contributed by atoms with Crippen molar-refractivity contribution in [1.29, 1.82) is 0 Å². The summed E-state index contributed by atoms with van der Waals surface area (Å²) in [6.07, 6.45) is 0. The zero-order valence-electron chi connectivity index (χ0n) is 11.5. The molecule has 1 aromatic heterocycles. The fourth-order valence-electron chi connectivity index (χ4n) is 1.89. The maximum absolute atomic E-state index is 4.25. The van der Waals surface area contributed by atoms with Gasteiger partial charge in [0.25, 0.3) is 0 Å². The summed E-state index contributed by atoms with van der Waals surface area (Å²) in [4.78, 5) is 0. The van der Waals surface area contributed by atoms with E-state index >= 15 is 0 Å². The highest BCUT2D eigenvalue weighted by Crippen LogP contribution is 2.22. The quantitative estimate of drug-likeness (QED) is 0.851. The summed E-state index contributed by atoms with van der Waals surface area (Å²) < 4.78 is 0. The Morgan fingerprint density at radius 3 is 2.28 bits per heavy atom. The molecular weight excluding hydrogens is 222 g/mol. The molecule has 2 N–H and O–H groups in total. The zero-order chi connectivity index (χ0) is 13.1. The molecule has 0 aliphatic heterocycles. The lowest BCUT2D eigenvalue weighted by molar-refractivity contribution is 0.867. The third-order valence-corrected chi connectivity index (χ3v) is 2.90. The molecule has 0 spiro atoms. The van der Waals surface area contributed by atoms with Crippen molar-refractivity contribution in [2.24, 2.45) is 0 Å². The number of hydrogen-bond donors (Lipinski definition) is 2. The van der Waals surface area contributed by atoms with Crippen LogP contribution in [0, 0.1) is 0 Å². The van der Waals surface area contributed by atoms with E-state index < -0.39 is 0 Å². The molecule has 1 heterocycles. The van der Waals surface area contributed by atoms with Crippen LogP contribution in [0.1, 0.15) is 39.2 Å². The molecule has 0 atom stereocenters. The Bertz CT molecular complexity index is 495. The Labute approximate surface area is 109 Å². The van der Waals surface area contributed by atoms with E-state index in [1.807, 2.05) is 6.07 Å². The van der Waals surface area contributed by atoms with Gasteiger partial charge in [-0.1, -0.05) is 38.1 Å². The molecule has 0 radical (unpaired) electrons. The van der Waals surface area contributed by atoms with Crippen molar-refractivity contribution in [3.63, 3.8) is 0 Å². The van der Waals surface area contributed by atoms with Crippen LogP contribution in [0.15, 0.2) is 30.3 Å². The first-order chi connectivity index (χ1) is 8.56. The van der Waals surface area contributed by atoms with Crippen molar-refractivity contribution >= 4 is 5.82 Å². The monoisotopic (exact) mass is 243 g/mol. The van der Waals surface area contributed by atoms with Gasteiger partial charge in [-0.25, -0.2) is 0 Å². The molecule has 2 aromatic rings. The summed E-state index contributed by atoms with van der Waals surface area (Å²) in [6.45, 7) is 8.61. The topological polar surface area (TPSA) is 40.7 Å². The predicted octanol–water partition coefficient (Wildman–Crippen LogP) is 4.02. The third-order valence-electron chi connectivity index (χ3n) is 2.90. The van der Waals surface area contributed by atoms with Crippen LogP contribution in [0.4, 0.5) is 5.82 Å². The summed E-state index contributed by atoms with van der Waals surface area (Å²) >= 11 is 0. The van der Waals surface area contributed by atoms with E-state index in [-0.39, 0.29) is 0 Å². The Balaban J connectivity index is 2.18. The van der Waals surface area contributed by atoms with Crippen LogP contribution in [0.5, 0.6) is 0 Å². The van der Waals surface area contributed by atoms with Crippen LogP contribution in [-0.2, 0) is 0 Å². The highest BCUT2D eigenvalue weighted by molar-refractivity contribution is 5.63. The smallest absolute Gasteiger partial charge is 0.148 e. The van der Waals surface area contributed by atoms with Gasteiger partial charge in [0, 0.05) is 12.1 Å². The Kier molecular flexibility index (Phi) is 3.70. The molecule has 18 heavy (non-hydrogen) atoms. The molecule has 0 bridgehead atoms. The molecule has 3 heteroatoms. The summed E-state index contributed by atoms with van der Waals surface area (Å²) in [5.41, 5.74) is 3.58. The molecular formula is C15H21N3. The van der Waals surface area contributed by atoms with Crippen LogP contribution in [0.25, 0.3) is 11.3 Å². The number of nitrogens with zero attached hydrogens (tertiary/aromatic N) is 1. The first kappa shape index (κ1) is 12.7. The van der Waals surface area contributed by atoms with Crippen LogP contribution < -0.4 is 5.32 Å². The van der Waals surface area contributed by atoms with Crippen molar-refractivity contribution < 1.29 is 0 Å². The number of benzene rings is 1. The first-order valence-corrected chi connectivity index (χ1v) is 6.48. The first-order valence-electron chi connectivity index (χ1n) is 6.48. The van der Waals surface area contributed by atoms with Gasteiger partial charge in [-0.15, -0.1) is 0 Å². The summed E-state index contributed by atoms with van der Waals surface area (Å²) in [7, 11) is 0. The van der Waals surface area contributed by atoms with Gasteiger partial charge >= 0.3 is 0 Å². The lowest BCUT2D eigenvalue weighted by Crippen LogP contribution is -2.09. The van der Waals surface area contributed by atoms with Gasteiger partial charge < -0.3 is 5.32 Å². The lowest BCUT2D eigenvalue weighted by Gasteiger charge is -2.05. The van der Waals surface area contributed by atoms with E-state index in [1.54, 1.807) is 0 Å². The summed E-state index contributed by atoms with van der Waals surface area (Å²) in [6, 6.07) is 11.1. The molecule has 0 saturated carbocycles. The maximum atomic E-state index is 4.25. The van der Waals surface area contributed by atoms with Crippen molar-refractivity contribution in [3.05, 3.63) is 35.9 Å². The highest BCUT2D eigenvalue weighted by Gasteiger charge is 2.05. The van der Waals surface area contributed by atoms with E-state index in [9.17, 15) is 0 Å². The average Bonchev–Trinajstić information content (AvgIpc) is 2.76. The molecule has 96 valence electrons. The second kappa shape index (κ2) is 5.25. The van der Waals surface area contributed by atoms with Crippen LogP contribution in [-0.4, -0.2) is 16.2 Å². The zero-order valence-corrected chi connectivity index (χ0v) is 11.5. The van der Waals surface area contributed by atoms with Gasteiger partial charge in [-0.2, -0.15) is 5.10 Å². The van der Waals surface area contributed by atoms with E-state index in [1.165, 1.54) is 11.1 Å². The van der Waals surface area contributed by atoms with Gasteiger partial charge in [0.2, 0.25) is 0 Å². The molecule has 0 amide bonds. The number of nitrogens with one attached hydrogen (secondary N) is 2. The summed E-state index contributed by atoms with van der Waals surface area (Å²) in [5.74, 6) is 1.46. The van der Waals surface area contributed by atoms with Gasteiger partial charge in [-0.05, 0) is 30.9 Å². The molecule has 0 aliphatic carbocycles. The van der Waals surface area contributed by atoms with Gasteiger partial charge in [0.15, 0.2) is 0 Å². The SMILES string of the molecule is CC(C)Nc1cc(-c2ccc(C(C)C)cc2)[nH]n1. The number of H-pyrrole nitrogens is 1. The Morgan fingerprint density at radius 1 is 1.06 bits per heavy atom. The number of anilines is 1. The second-order valence-corrected chi connectivity index (χ2v) is 5.24. The van der Waals surface area contributed by atoms with Crippen molar-refractivity contribution in [2.45, 2.75) is 39.7 Å². The lowest BCUT2D eigenvalue weighted by atomic mass is 10.0. The minimum Gasteiger partial charge on any atom is -0.366 e. The Morgan fingerprint density at radius 2 is 1.72 bits per heavy atom.